The van der Waals surface area contributed by atoms with Gasteiger partial charge in [-0.2, -0.15) is 0 Å². The van der Waals surface area contributed by atoms with Gasteiger partial charge < -0.3 is 19.9 Å². The lowest BCUT2D eigenvalue weighted by atomic mass is 10.1. The molecule has 1 aliphatic heterocycles. The molecule has 0 unspecified atom stereocenters. The first-order valence-electron chi connectivity index (χ1n) is 7.41. The Bertz CT molecular complexity index is 460. The number of likely N-dealkylation sites (tertiary alicyclic amines) is 1. The molecule has 20 heavy (non-hydrogen) atoms. The van der Waals surface area contributed by atoms with Crippen molar-refractivity contribution in [2.45, 2.75) is 45.8 Å². The zero-order valence-electron chi connectivity index (χ0n) is 12.6. The quantitative estimate of drug-likeness (QED) is 0.920. The van der Waals surface area contributed by atoms with Gasteiger partial charge in [-0.15, -0.1) is 0 Å². The van der Waals surface area contributed by atoms with Gasteiger partial charge in [0, 0.05) is 31.9 Å². The minimum Gasteiger partial charge on any atom is -0.397 e. The molecule has 1 saturated heterocycles. The van der Waals surface area contributed by atoms with Gasteiger partial charge in [0.1, 0.15) is 5.69 Å². The molecule has 1 aromatic rings. The lowest BCUT2D eigenvalue weighted by Crippen LogP contribution is -2.41. The van der Waals surface area contributed by atoms with Crippen LogP contribution in [0.5, 0.6) is 0 Å². The highest BCUT2D eigenvalue weighted by molar-refractivity contribution is 5.94. The largest absolute Gasteiger partial charge is 0.397 e. The Balaban J connectivity index is 2.05. The number of rotatable bonds is 4. The monoisotopic (exact) mass is 279 g/mol. The van der Waals surface area contributed by atoms with Crippen molar-refractivity contribution in [2.24, 2.45) is 0 Å². The molecule has 1 aliphatic rings. The van der Waals surface area contributed by atoms with E-state index in [0.29, 0.717) is 17.5 Å². The second-order valence-corrected chi connectivity index (χ2v) is 5.61. The SMILES string of the molecule is CCOC1CCN(C(=O)c2cc(N)cn2C(C)C)CC1. The number of ether oxygens (including phenoxy) is 1. The third kappa shape index (κ3) is 3.15. The summed E-state index contributed by atoms with van der Waals surface area (Å²) in [6.07, 6.45) is 3.96. The fraction of sp³-hybridized carbons (Fsp3) is 0.667. The number of carbonyl (C=O) groups is 1. The number of anilines is 1. The average molecular weight is 279 g/mol. The Morgan fingerprint density at radius 1 is 1.45 bits per heavy atom. The van der Waals surface area contributed by atoms with Crippen LogP contribution >= 0.6 is 0 Å². The van der Waals surface area contributed by atoms with Crippen LogP contribution in [0.3, 0.4) is 0 Å². The highest BCUT2D eigenvalue weighted by Crippen LogP contribution is 2.21. The number of nitrogen functional groups attached to an aromatic ring is 1. The summed E-state index contributed by atoms with van der Waals surface area (Å²) in [5.74, 6) is 0.0744. The maximum Gasteiger partial charge on any atom is 0.270 e. The maximum atomic E-state index is 12.6. The van der Waals surface area contributed by atoms with Crippen molar-refractivity contribution in [3.05, 3.63) is 18.0 Å². The standard InChI is InChI=1S/C15H25N3O2/c1-4-20-13-5-7-17(8-6-13)15(19)14-9-12(16)10-18(14)11(2)3/h9-11,13H,4-8,16H2,1-3H3. The molecule has 0 atom stereocenters. The van der Waals surface area contributed by atoms with Crippen molar-refractivity contribution in [3.8, 4) is 0 Å². The van der Waals surface area contributed by atoms with Gasteiger partial charge in [0.2, 0.25) is 0 Å². The molecule has 0 saturated carbocycles. The lowest BCUT2D eigenvalue weighted by molar-refractivity contribution is 0.0142. The Hall–Kier alpha value is -1.49. The summed E-state index contributed by atoms with van der Waals surface area (Å²) >= 11 is 0. The molecule has 2 heterocycles. The van der Waals surface area contributed by atoms with E-state index in [1.807, 2.05) is 22.6 Å². The van der Waals surface area contributed by atoms with E-state index in [4.69, 9.17) is 10.5 Å². The van der Waals surface area contributed by atoms with Crippen LogP contribution < -0.4 is 5.73 Å². The normalized spacial score (nSPS) is 16.9. The fourth-order valence-corrected chi connectivity index (χ4v) is 2.72. The number of hydrogen-bond acceptors (Lipinski definition) is 3. The van der Waals surface area contributed by atoms with Crippen molar-refractivity contribution in [2.75, 3.05) is 25.4 Å². The fourth-order valence-electron chi connectivity index (χ4n) is 2.72. The summed E-state index contributed by atoms with van der Waals surface area (Å²) in [6, 6.07) is 2.00. The Morgan fingerprint density at radius 3 is 2.65 bits per heavy atom. The first-order chi connectivity index (χ1) is 9.52. The molecular formula is C15H25N3O2. The molecule has 0 spiro atoms. The predicted octanol–water partition coefficient (Wildman–Crippen LogP) is 2.29. The van der Waals surface area contributed by atoms with Crippen molar-refractivity contribution in [1.82, 2.24) is 9.47 Å². The van der Waals surface area contributed by atoms with E-state index in [1.54, 1.807) is 6.07 Å². The van der Waals surface area contributed by atoms with E-state index in [1.165, 1.54) is 0 Å². The maximum absolute atomic E-state index is 12.6. The van der Waals surface area contributed by atoms with Crippen molar-refractivity contribution in [1.29, 1.82) is 0 Å². The number of nitrogens with two attached hydrogens (primary N) is 1. The highest BCUT2D eigenvalue weighted by Gasteiger charge is 2.26. The second-order valence-electron chi connectivity index (χ2n) is 5.61. The summed E-state index contributed by atoms with van der Waals surface area (Å²) in [6.45, 7) is 8.37. The lowest BCUT2D eigenvalue weighted by Gasteiger charge is -2.32. The van der Waals surface area contributed by atoms with Gasteiger partial charge >= 0.3 is 0 Å². The van der Waals surface area contributed by atoms with E-state index in [9.17, 15) is 4.79 Å². The Morgan fingerprint density at radius 2 is 2.10 bits per heavy atom. The van der Waals surface area contributed by atoms with Crippen molar-refractivity contribution in [3.63, 3.8) is 0 Å². The molecule has 5 heteroatoms. The van der Waals surface area contributed by atoms with Crippen LogP contribution in [0.15, 0.2) is 12.3 Å². The molecule has 0 aromatic carbocycles. The van der Waals surface area contributed by atoms with Gasteiger partial charge in [-0.25, -0.2) is 0 Å². The molecule has 0 aliphatic carbocycles. The minimum absolute atomic E-state index is 0.0744. The van der Waals surface area contributed by atoms with Crippen LogP contribution in [0, 0.1) is 0 Å². The summed E-state index contributed by atoms with van der Waals surface area (Å²) in [5.41, 5.74) is 7.17. The zero-order valence-corrected chi connectivity index (χ0v) is 12.6. The van der Waals surface area contributed by atoms with Gasteiger partial charge in [-0.3, -0.25) is 4.79 Å². The van der Waals surface area contributed by atoms with E-state index in [2.05, 4.69) is 13.8 Å². The van der Waals surface area contributed by atoms with E-state index < -0.39 is 0 Å². The zero-order chi connectivity index (χ0) is 14.7. The smallest absolute Gasteiger partial charge is 0.270 e. The summed E-state index contributed by atoms with van der Waals surface area (Å²) in [5, 5.41) is 0. The predicted molar refractivity (Wildman–Crippen MR) is 79.8 cm³/mol. The van der Waals surface area contributed by atoms with Crippen molar-refractivity contribution < 1.29 is 9.53 Å². The van der Waals surface area contributed by atoms with Gasteiger partial charge in [0.05, 0.1) is 11.8 Å². The van der Waals surface area contributed by atoms with Gasteiger partial charge in [0.15, 0.2) is 0 Å². The molecular weight excluding hydrogens is 254 g/mol. The number of hydrogen-bond donors (Lipinski definition) is 1. The summed E-state index contributed by atoms with van der Waals surface area (Å²) in [4.78, 5) is 14.5. The van der Waals surface area contributed by atoms with Gasteiger partial charge in [-0.05, 0) is 39.7 Å². The molecule has 2 rings (SSSR count). The topological polar surface area (TPSA) is 60.5 Å². The third-order valence-corrected chi connectivity index (χ3v) is 3.78. The van der Waals surface area contributed by atoms with E-state index in [-0.39, 0.29) is 11.9 Å². The number of carbonyl (C=O) groups excluding carboxylic acids is 1. The molecule has 0 bridgehead atoms. The van der Waals surface area contributed by atoms with Crippen LogP contribution in [-0.2, 0) is 4.74 Å². The third-order valence-electron chi connectivity index (χ3n) is 3.78. The number of amides is 1. The average Bonchev–Trinajstić information content (AvgIpc) is 2.81. The number of nitrogens with zero attached hydrogens (tertiary/aromatic N) is 2. The van der Waals surface area contributed by atoms with E-state index in [0.717, 1.165) is 32.5 Å². The summed E-state index contributed by atoms with van der Waals surface area (Å²) < 4.78 is 7.57. The van der Waals surface area contributed by atoms with Crippen molar-refractivity contribution >= 4 is 11.6 Å². The van der Waals surface area contributed by atoms with Crippen LogP contribution in [0.4, 0.5) is 5.69 Å². The number of aromatic nitrogens is 1. The molecule has 1 fully saturated rings. The van der Waals surface area contributed by atoms with Crippen LogP contribution in [-0.4, -0.2) is 41.2 Å². The molecule has 5 nitrogen and oxygen atoms in total. The van der Waals surface area contributed by atoms with Crippen LogP contribution in [0.1, 0.15) is 50.1 Å². The van der Waals surface area contributed by atoms with Gasteiger partial charge in [-0.1, -0.05) is 0 Å². The Kier molecular flexibility index (Phi) is 4.70. The van der Waals surface area contributed by atoms with E-state index >= 15 is 0 Å². The molecule has 1 amide bonds. The number of piperidine rings is 1. The molecule has 1 aromatic heterocycles. The Labute approximate surface area is 120 Å². The first-order valence-corrected chi connectivity index (χ1v) is 7.41. The summed E-state index contributed by atoms with van der Waals surface area (Å²) in [7, 11) is 0. The van der Waals surface area contributed by atoms with Crippen LogP contribution in [0.25, 0.3) is 0 Å². The van der Waals surface area contributed by atoms with Gasteiger partial charge in [0.25, 0.3) is 5.91 Å². The molecule has 0 radical (unpaired) electrons. The van der Waals surface area contributed by atoms with Crippen LogP contribution in [0.2, 0.25) is 0 Å². The highest BCUT2D eigenvalue weighted by atomic mass is 16.5. The first kappa shape index (κ1) is 14.9. The molecule has 112 valence electrons. The second kappa shape index (κ2) is 6.31. The molecule has 2 N–H and O–H groups in total. The minimum atomic E-state index is 0.0744.